The number of para-hydroxylation sites is 1. The molecule has 1 fully saturated rings. The zero-order valence-electron chi connectivity index (χ0n) is 19.2. The number of rotatable bonds is 3. The second-order valence-corrected chi connectivity index (χ2v) is 10.0. The largest absolute Gasteiger partial charge is 0.358 e. The molecule has 32 heavy (non-hydrogen) atoms. The number of hydrogen-bond donors (Lipinski definition) is 2. The van der Waals surface area contributed by atoms with Gasteiger partial charge in [-0.2, -0.15) is 0 Å². The van der Waals surface area contributed by atoms with E-state index in [0.717, 1.165) is 44.1 Å². The molecule has 1 atom stereocenters. The van der Waals surface area contributed by atoms with E-state index in [1.165, 1.54) is 28.2 Å². The van der Waals surface area contributed by atoms with Crippen molar-refractivity contribution < 1.29 is 9.18 Å². The van der Waals surface area contributed by atoms with E-state index in [-0.39, 0.29) is 28.7 Å². The van der Waals surface area contributed by atoms with E-state index in [9.17, 15) is 9.18 Å². The van der Waals surface area contributed by atoms with Gasteiger partial charge in [-0.3, -0.25) is 9.69 Å². The van der Waals surface area contributed by atoms with Gasteiger partial charge in [0.05, 0.1) is 0 Å². The Balaban J connectivity index is 1.56. The first-order valence-corrected chi connectivity index (χ1v) is 11.6. The molecular formula is C27H32FN3O. The van der Waals surface area contributed by atoms with Crippen molar-refractivity contribution in [2.24, 2.45) is 0 Å². The fourth-order valence-corrected chi connectivity index (χ4v) is 6.51. The number of benzene rings is 2. The first-order chi connectivity index (χ1) is 15.3. The summed E-state index contributed by atoms with van der Waals surface area (Å²) >= 11 is 0. The number of fused-ring (bicyclic) bond motifs is 4. The molecule has 1 unspecified atom stereocenters. The molecule has 0 aliphatic heterocycles. The minimum absolute atomic E-state index is 0.00739. The van der Waals surface area contributed by atoms with E-state index in [0.29, 0.717) is 0 Å². The molecule has 2 aliphatic carbocycles. The van der Waals surface area contributed by atoms with Gasteiger partial charge in [-0.05, 0) is 81.9 Å². The molecule has 3 aromatic rings. The topological polar surface area (TPSA) is 48.1 Å². The Morgan fingerprint density at radius 1 is 1.09 bits per heavy atom. The molecule has 0 radical (unpaired) electrons. The second kappa shape index (κ2) is 7.73. The molecule has 0 saturated heterocycles. The molecule has 2 aromatic carbocycles. The Hall–Kier alpha value is -2.66. The van der Waals surface area contributed by atoms with E-state index in [4.69, 9.17) is 0 Å². The van der Waals surface area contributed by atoms with Crippen molar-refractivity contribution >= 4 is 16.8 Å². The normalized spacial score (nSPS) is 27.6. The van der Waals surface area contributed by atoms with Gasteiger partial charge in [0.1, 0.15) is 5.82 Å². The van der Waals surface area contributed by atoms with Gasteiger partial charge in [-0.15, -0.1) is 0 Å². The van der Waals surface area contributed by atoms with Crippen LogP contribution in [0.4, 0.5) is 4.39 Å². The van der Waals surface area contributed by atoms with E-state index in [1.54, 1.807) is 13.0 Å². The molecule has 5 rings (SSSR count). The third-order valence-electron chi connectivity index (χ3n) is 8.09. The third-order valence-corrected chi connectivity index (χ3v) is 8.09. The number of nitrogens with zero attached hydrogens (tertiary/aromatic N) is 1. The molecule has 168 valence electrons. The minimum atomic E-state index is -0.180. The van der Waals surface area contributed by atoms with Crippen LogP contribution < -0.4 is 5.32 Å². The lowest BCUT2D eigenvalue weighted by atomic mass is 9.58. The second-order valence-electron chi connectivity index (χ2n) is 10.0. The number of amides is 1. The van der Waals surface area contributed by atoms with Crippen LogP contribution >= 0.6 is 0 Å². The summed E-state index contributed by atoms with van der Waals surface area (Å²) in [5.74, 6) is -0.142. The van der Waals surface area contributed by atoms with Gasteiger partial charge >= 0.3 is 0 Å². The standard InChI is InChI=1S/C27H32FN3O/c1-18(32)29-21-16-23-22-9-4-5-10-24(22)30-25(23)26(17-21)11-13-27(14-12-26,31(2)3)19-7-6-8-20(28)15-19/h4-10,15,21,30H,11-14,16-17H2,1-3H3,(H,29,32). The summed E-state index contributed by atoms with van der Waals surface area (Å²) in [4.78, 5) is 18.0. The van der Waals surface area contributed by atoms with Crippen LogP contribution in [-0.4, -0.2) is 35.9 Å². The number of aromatic nitrogens is 1. The molecular weight excluding hydrogens is 401 g/mol. The molecule has 1 heterocycles. The van der Waals surface area contributed by atoms with Gasteiger partial charge in [0, 0.05) is 40.5 Å². The quantitative estimate of drug-likeness (QED) is 0.609. The number of nitrogens with one attached hydrogen (secondary N) is 2. The summed E-state index contributed by atoms with van der Waals surface area (Å²) in [7, 11) is 4.22. The monoisotopic (exact) mass is 433 g/mol. The fourth-order valence-electron chi connectivity index (χ4n) is 6.51. The highest BCUT2D eigenvalue weighted by Gasteiger charge is 2.50. The van der Waals surface area contributed by atoms with Crippen molar-refractivity contribution in [3.05, 3.63) is 71.2 Å². The van der Waals surface area contributed by atoms with Crippen molar-refractivity contribution in [2.75, 3.05) is 14.1 Å². The molecule has 1 aromatic heterocycles. The molecule has 2 N–H and O–H groups in total. The summed E-state index contributed by atoms with van der Waals surface area (Å²) in [6.45, 7) is 1.61. The molecule has 1 spiro atoms. The number of carbonyl (C=O) groups excluding carboxylic acids is 1. The summed E-state index contributed by atoms with van der Waals surface area (Å²) in [5.41, 5.74) is 4.76. The molecule has 0 bridgehead atoms. The predicted molar refractivity (Wildman–Crippen MR) is 126 cm³/mol. The summed E-state index contributed by atoms with van der Waals surface area (Å²) in [6, 6.07) is 15.8. The fraction of sp³-hybridized carbons (Fsp3) is 0.444. The molecule has 1 saturated carbocycles. The van der Waals surface area contributed by atoms with Crippen LogP contribution in [0.2, 0.25) is 0 Å². The van der Waals surface area contributed by atoms with Crippen molar-refractivity contribution in [2.45, 2.75) is 62.4 Å². The number of halogens is 1. The van der Waals surface area contributed by atoms with Crippen LogP contribution in [0, 0.1) is 5.82 Å². The van der Waals surface area contributed by atoms with Crippen LogP contribution in [0.3, 0.4) is 0 Å². The molecule has 5 heteroatoms. The maximum Gasteiger partial charge on any atom is 0.217 e. The van der Waals surface area contributed by atoms with Crippen molar-refractivity contribution in [3.8, 4) is 0 Å². The van der Waals surface area contributed by atoms with E-state index >= 15 is 0 Å². The van der Waals surface area contributed by atoms with Crippen LogP contribution in [0.5, 0.6) is 0 Å². The smallest absolute Gasteiger partial charge is 0.217 e. The lowest BCUT2D eigenvalue weighted by molar-refractivity contribution is -0.119. The Morgan fingerprint density at radius 3 is 2.53 bits per heavy atom. The molecule has 4 nitrogen and oxygen atoms in total. The third kappa shape index (κ3) is 3.34. The number of carbonyl (C=O) groups is 1. The van der Waals surface area contributed by atoms with E-state index in [1.807, 2.05) is 6.07 Å². The Morgan fingerprint density at radius 2 is 1.84 bits per heavy atom. The first-order valence-electron chi connectivity index (χ1n) is 11.6. The van der Waals surface area contributed by atoms with Gasteiger partial charge in [-0.25, -0.2) is 4.39 Å². The van der Waals surface area contributed by atoms with Crippen LogP contribution in [0.1, 0.15) is 55.8 Å². The average molecular weight is 434 g/mol. The van der Waals surface area contributed by atoms with Gasteiger partial charge in [0.25, 0.3) is 0 Å². The lowest BCUT2D eigenvalue weighted by Crippen LogP contribution is -2.52. The average Bonchev–Trinajstić information content (AvgIpc) is 3.13. The minimum Gasteiger partial charge on any atom is -0.358 e. The van der Waals surface area contributed by atoms with Crippen LogP contribution in [0.25, 0.3) is 10.9 Å². The summed E-state index contributed by atoms with van der Waals surface area (Å²) in [5, 5.41) is 4.49. The zero-order chi connectivity index (χ0) is 22.5. The highest BCUT2D eigenvalue weighted by atomic mass is 19.1. The number of aromatic amines is 1. The zero-order valence-corrected chi connectivity index (χ0v) is 19.2. The number of H-pyrrole nitrogens is 1. The highest BCUT2D eigenvalue weighted by molar-refractivity contribution is 5.85. The van der Waals surface area contributed by atoms with Crippen molar-refractivity contribution in [1.82, 2.24) is 15.2 Å². The SMILES string of the molecule is CC(=O)NC1Cc2c([nH]c3ccccc23)C2(CCC(c3cccc(F)c3)(N(C)C)CC2)C1. The van der Waals surface area contributed by atoms with E-state index < -0.39 is 0 Å². The highest BCUT2D eigenvalue weighted by Crippen LogP contribution is 2.54. The van der Waals surface area contributed by atoms with Crippen molar-refractivity contribution in [1.29, 1.82) is 0 Å². The summed E-state index contributed by atoms with van der Waals surface area (Å²) < 4.78 is 14.1. The maximum atomic E-state index is 14.1. The summed E-state index contributed by atoms with van der Waals surface area (Å²) in [6.07, 6.45) is 5.70. The molecule has 2 aliphatic rings. The Labute approximate surface area is 189 Å². The Kier molecular flexibility index (Phi) is 5.12. The number of hydrogen-bond acceptors (Lipinski definition) is 2. The Bertz CT molecular complexity index is 1160. The predicted octanol–water partition coefficient (Wildman–Crippen LogP) is 5.03. The van der Waals surface area contributed by atoms with E-state index in [2.05, 4.69) is 59.6 Å². The van der Waals surface area contributed by atoms with Crippen LogP contribution in [0.15, 0.2) is 48.5 Å². The van der Waals surface area contributed by atoms with Gasteiger partial charge in [-0.1, -0.05) is 30.3 Å². The van der Waals surface area contributed by atoms with Gasteiger partial charge < -0.3 is 10.3 Å². The maximum absolute atomic E-state index is 14.1. The lowest BCUT2D eigenvalue weighted by Gasteiger charge is -2.52. The van der Waals surface area contributed by atoms with Gasteiger partial charge in [0.15, 0.2) is 0 Å². The van der Waals surface area contributed by atoms with Gasteiger partial charge in [0.2, 0.25) is 5.91 Å². The molecule has 1 amide bonds. The first kappa shape index (κ1) is 21.2. The van der Waals surface area contributed by atoms with Crippen molar-refractivity contribution in [3.63, 3.8) is 0 Å². The van der Waals surface area contributed by atoms with Crippen LogP contribution in [-0.2, 0) is 22.2 Å².